The smallest absolute Gasteiger partial charge is 0.132 e. The van der Waals surface area contributed by atoms with E-state index in [1.165, 1.54) is 0 Å². The fraction of sp³-hybridized carbons (Fsp3) is 0.250. The van der Waals surface area contributed by atoms with Gasteiger partial charge in [-0.2, -0.15) is 29.4 Å². The predicted molar refractivity (Wildman–Crippen MR) is 61.5 cm³/mol. The molecular formula is C12H14IrN3-. The van der Waals surface area contributed by atoms with Crippen LogP contribution in [0.25, 0.3) is 5.69 Å². The van der Waals surface area contributed by atoms with Crippen LogP contribution in [0.15, 0.2) is 30.5 Å². The van der Waals surface area contributed by atoms with Crippen molar-refractivity contribution < 1.29 is 20.1 Å². The number of anilines is 1. The van der Waals surface area contributed by atoms with Gasteiger partial charge in [0.05, 0.1) is 6.20 Å². The minimum Gasteiger partial charge on any atom is -0.362 e. The molecule has 0 bridgehead atoms. The first kappa shape index (κ1) is 12.9. The molecule has 87 valence electrons. The second-order valence-electron chi connectivity index (χ2n) is 3.71. The van der Waals surface area contributed by atoms with Gasteiger partial charge in [-0.05, 0) is 12.6 Å². The molecule has 0 N–H and O–H groups in total. The number of nitrogens with zero attached hydrogens (tertiary/aromatic N) is 3. The summed E-state index contributed by atoms with van der Waals surface area (Å²) < 4.78 is 1.90. The zero-order chi connectivity index (χ0) is 10.8. The van der Waals surface area contributed by atoms with Gasteiger partial charge in [0.2, 0.25) is 0 Å². The van der Waals surface area contributed by atoms with Gasteiger partial charge in [0.1, 0.15) is 5.82 Å². The van der Waals surface area contributed by atoms with Crippen molar-refractivity contribution in [3.05, 3.63) is 42.1 Å². The van der Waals surface area contributed by atoms with E-state index < -0.39 is 0 Å². The van der Waals surface area contributed by atoms with Gasteiger partial charge in [-0.25, -0.2) is 4.68 Å². The summed E-state index contributed by atoms with van der Waals surface area (Å²) in [4.78, 5) is 2.06. The van der Waals surface area contributed by atoms with E-state index in [-0.39, 0.29) is 20.1 Å². The number of aromatic nitrogens is 2. The Balaban J connectivity index is 0.00000128. The third-order valence-electron chi connectivity index (χ3n) is 2.26. The van der Waals surface area contributed by atoms with Gasteiger partial charge in [0.25, 0.3) is 0 Å². The van der Waals surface area contributed by atoms with Crippen LogP contribution < -0.4 is 4.90 Å². The van der Waals surface area contributed by atoms with E-state index in [4.69, 9.17) is 0 Å². The molecule has 0 spiro atoms. The summed E-state index contributed by atoms with van der Waals surface area (Å²) in [5.41, 5.74) is 2.13. The summed E-state index contributed by atoms with van der Waals surface area (Å²) in [7, 11) is 4.03. The van der Waals surface area contributed by atoms with Crippen LogP contribution in [0, 0.1) is 13.0 Å². The molecule has 0 aliphatic rings. The Bertz CT molecular complexity index is 449. The summed E-state index contributed by atoms with van der Waals surface area (Å²) in [6.45, 7) is 2.06. The Morgan fingerprint density at radius 3 is 2.62 bits per heavy atom. The molecule has 1 aromatic carbocycles. The molecule has 2 rings (SSSR count). The van der Waals surface area contributed by atoms with E-state index in [0.29, 0.717) is 0 Å². The quantitative estimate of drug-likeness (QED) is 0.730. The maximum atomic E-state index is 4.35. The molecule has 16 heavy (non-hydrogen) atoms. The van der Waals surface area contributed by atoms with Crippen molar-refractivity contribution in [1.29, 1.82) is 0 Å². The molecular weight excluding hydrogens is 378 g/mol. The van der Waals surface area contributed by atoms with Gasteiger partial charge in [-0.1, -0.05) is 0 Å². The van der Waals surface area contributed by atoms with Crippen LogP contribution in [0.4, 0.5) is 5.82 Å². The average molecular weight is 392 g/mol. The second-order valence-corrected chi connectivity index (χ2v) is 3.71. The normalized spacial score (nSPS) is 9.69. The third-order valence-corrected chi connectivity index (χ3v) is 2.26. The van der Waals surface area contributed by atoms with E-state index in [9.17, 15) is 0 Å². The standard InChI is InChI=1S/C12H14N3.Ir/c1-10-9-13-15(12(10)14(2)3)11-7-5-4-6-8-11;/h4-7,9H,1-3H3;/q-1;. The Kier molecular flexibility index (Phi) is 4.27. The summed E-state index contributed by atoms with van der Waals surface area (Å²) in [6.07, 6.45) is 1.87. The van der Waals surface area contributed by atoms with Gasteiger partial charge >= 0.3 is 0 Å². The van der Waals surface area contributed by atoms with Gasteiger partial charge in [0, 0.05) is 39.8 Å². The first-order valence-electron chi connectivity index (χ1n) is 4.89. The van der Waals surface area contributed by atoms with E-state index >= 15 is 0 Å². The van der Waals surface area contributed by atoms with Crippen LogP contribution in [0.2, 0.25) is 0 Å². The van der Waals surface area contributed by atoms with Crippen LogP contribution in [0.3, 0.4) is 0 Å². The number of aryl methyl sites for hydroxylation is 1. The molecule has 0 atom stereocenters. The van der Waals surface area contributed by atoms with Gasteiger partial charge in [-0.15, -0.1) is 6.07 Å². The zero-order valence-electron chi connectivity index (χ0n) is 9.56. The topological polar surface area (TPSA) is 21.1 Å². The van der Waals surface area contributed by atoms with Crippen LogP contribution >= 0.6 is 0 Å². The van der Waals surface area contributed by atoms with Crippen LogP contribution in [0.5, 0.6) is 0 Å². The molecule has 3 nitrogen and oxygen atoms in total. The van der Waals surface area contributed by atoms with E-state index in [1.807, 2.05) is 49.2 Å². The minimum absolute atomic E-state index is 0. The second kappa shape index (κ2) is 5.28. The molecule has 1 radical (unpaired) electrons. The van der Waals surface area contributed by atoms with Crippen molar-refractivity contribution in [1.82, 2.24) is 9.78 Å². The monoisotopic (exact) mass is 393 g/mol. The van der Waals surface area contributed by atoms with Gasteiger partial charge in [0.15, 0.2) is 0 Å². The van der Waals surface area contributed by atoms with Crippen molar-refractivity contribution in [3.63, 3.8) is 0 Å². The molecule has 0 fully saturated rings. The largest absolute Gasteiger partial charge is 0.362 e. The van der Waals surface area contributed by atoms with Crippen LogP contribution in [0.1, 0.15) is 5.56 Å². The minimum atomic E-state index is 0. The van der Waals surface area contributed by atoms with Crippen molar-refractivity contribution in [3.8, 4) is 5.69 Å². The fourth-order valence-corrected chi connectivity index (χ4v) is 1.66. The maximum absolute atomic E-state index is 4.35. The van der Waals surface area contributed by atoms with Crippen molar-refractivity contribution in [2.75, 3.05) is 19.0 Å². The van der Waals surface area contributed by atoms with Crippen LogP contribution in [-0.4, -0.2) is 23.9 Å². The van der Waals surface area contributed by atoms with E-state index in [1.54, 1.807) is 0 Å². The third kappa shape index (κ3) is 2.34. The molecule has 0 aliphatic carbocycles. The molecule has 4 heteroatoms. The molecule has 0 aliphatic heterocycles. The van der Waals surface area contributed by atoms with Crippen molar-refractivity contribution in [2.45, 2.75) is 6.92 Å². The van der Waals surface area contributed by atoms with Crippen LogP contribution in [-0.2, 0) is 20.1 Å². The maximum Gasteiger partial charge on any atom is 0.132 e. The summed E-state index contributed by atoms with van der Waals surface area (Å²) in [5, 5.41) is 4.35. The molecule has 0 unspecified atom stereocenters. The predicted octanol–water partition coefficient (Wildman–Crippen LogP) is 2.04. The molecule has 0 saturated heterocycles. The molecule has 0 saturated carbocycles. The first-order chi connectivity index (χ1) is 7.20. The Morgan fingerprint density at radius 1 is 1.31 bits per heavy atom. The summed E-state index contributed by atoms with van der Waals surface area (Å²) in [6, 6.07) is 11.0. The molecule has 1 aromatic heterocycles. The summed E-state index contributed by atoms with van der Waals surface area (Å²) >= 11 is 0. The molecule has 0 amide bonds. The Hall–Kier alpha value is -1.12. The first-order valence-corrected chi connectivity index (χ1v) is 4.89. The SMILES string of the molecule is Cc1cnn(-c2[c-]cccc2)c1N(C)C.[Ir]. The van der Waals surface area contributed by atoms with E-state index in [2.05, 4.69) is 23.0 Å². The average Bonchev–Trinajstić information content (AvgIpc) is 2.61. The zero-order valence-corrected chi connectivity index (χ0v) is 12.0. The van der Waals surface area contributed by atoms with Crippen molar-refractivity contribution in [2.24, 2.45) is 0 Å². The molecule has 2 aromatic rings. The van der Waals surface area contributed by atoms with E-state index in [0.717, 1.165) is 17.1 Å². The number of rotatable bonds is 2. The number of hydrogen-bond acceptors (Lipinski definition) is 2. The number of benzene rings is 1. The number of para-hydroxylation sites is 1. The Labute approximate surface area is 109 Å². The Morgan fingerprint density at radius 2 is 2.06 bits per heavy atom. The van der Waals surface area contributed by atoms with Gasteiger partial charge in [-0.3, -0.25) is 0 Å². The molecule has 1 heterocycles. The van der Waals surface area contributed by atoms with Gasteiger partial charge < -0.3 is 4.90 Å². The van der Waals surface area contributed by atoms with Crippen molar-refractivity contribution >= 4 is 5.82 Å². The summed E-state index contributed by atoms with van der Waals surface area (Å²) in [5.74, 6) is 1.09. The fourth-order valence-electron chi connectivity index (χ4n) is 1.66. The number of hydrogen-bond donors (Lipinski definition) is 0.